The molecule has 3 rings (SSSR count). The Kier molecular flexibility index (Phi) is 8.25. The van der Waals surface area contributed by atoms with E-state index >= 15 is 0 Å². The Labute approximate surface area is 175 Å². The first-order valence-corrected chi connectivity index (χ1v) is 9.09. The minimum Gasteiger partial charge on any atom is -0.312 e. The number of halogens is 3. The van der Waals surface area contributed by atoms with Gasteiger partial charge in [-0.1, -0.05) is 54.6 Å². The van der Waals surface area contributed by atoms with Crippen molar-refractivity contribution in [2.24, 2.45) is 0 Å². The van der Waals surface area contributed by atoms with Crippen molar-refractivity contribution >= 4 is 18.2 Å². The van der Waals surface area contributed by atoms with Crippen LogP contribution in [0.3, 0.4) is 0 Å². The summed E-state index contributed by atoms with van der Waals surface area (Å²) < 4.78 is 26.9. The first-order chi connectivity index (χ1) is 13.6. The van der Waals surface area contributed by atoms with Gasteiger partial charge in [-0.05, 0) is 41.8 Å². The van der Waals surface area contributed by atoms with E-state index in [1.165, 1.54) is 11.6 Å². The van der Waals surface area contributed by atoms with Gasteiger partial charge in [-0.25, -0.2) is 8.78 Å². The van der Waals surface area contributed by atoms with Crippen LogP contribution in [0.5, 0.6) is 0 Å². The summed E-state index contributed by atoms with van der Waals surface area (Å²) in [7, 11) is 0. The quantitative estimate of drug-likeness (QED) is 0.281. The standard InChI is InChI=1S/C24H21F2NO.ClH/c1-2-3-14-27-16-17-4-6-18(7-5-17)19-8-10-20(11-9-19)24(28)22-13-12-21(25)15-23(22)26;/h2,4-13,15,27H,1,3,14,16H2;1H. The molecule has 3 aromatic rings. The van der Waals surface area contributed by atoms with Crippen molar-refractivity contribution in [3.63, 3.8) is 0 Å². The highest BCUT2D eigenvalue weighted by molar-refractivity contribution is 6.09. The van der Waals surface area contributed by atoms with Crippen LogP contribution in [0.15, 0.2) is 79.4 Å². The molecule has 0 bridgehead atoms. The fraction of sp³-hybridized carbons (Fsp3) is 0.125. The molecule has 0 saturated carbocycles. The molecule has 0 heterocycles. The van der Waals surface area contributed by atoms with E-state index in [9.17, 15) is 13.6 Å². The highest BCUT2D eigenvalue weighted by atomic mass is 35.5. The minimum absolute atomic E-state index is 0. The highest BCUT2D eigenvalue weighted by Gasteiger charge is 2.14. The smallest absolute Gasteiger partial charge is 0.195 e. The molecule has 0 amide bonds. The number of carbonyl (C=O) groups is 1. The zero-order valence-electron chi connectivity index (χ0n) is 15.8. The number of ketones is 1. The lowest BCUT2D eigenvalue weighted by atomic mass is 9.98. The second-order valence-corrected chi connectivity index (χ2v) is 6.48. The summed E-state index contributed by atoms with van der Waals surface area (Å²) in [6.07, 6.45) is 2.82. The summed E-state index contributed by atoms with van der Waals surface area (Å²) in [6, 6.07) is 18.1. The molecule has 1 N–H and O–H groups in total. The van der Waals surface area contributed by atoms with E-state index < -0.39 is 17.4 Å². The van der Waals surface area contributed by atoms with Gasteiger partial charge >= 0.3 is 0 Å². The second kappa shape index (κ2) is 10.6. The molecule has 0 aliphatic carbocycles. The number of hydrogen-bond donors (Lipinski definition) is 1. The topological polar surface area (TPSA) is 29.1 Å². The average Bonchev–Trinajstić information content (AvgIpc) is 2.71. The van der Waals surface area contributed by atoms with Gasteiger partial charge in [-0.2, -0.15) is 0 Å². The van der Waals surface area contributed by atoms with E-state index in [2.05, 4.69) is 24.0 Å². The fourth-order valence-electron chi connectivity index (χ4n) is 2.90. The Hall–Kier alpha value is -2.82. The van der Waals surface area contributed by atoms with Crippen molar-refractivity contribution in [2.45, 2.75) is 13.0 Å². The molecule has 0 fully saturated rings. The second-order valence-electron chi connectivity index (χ2n) is 6.48. The maximum Gasteiger partial charge on any atom is 0.195 e. The third-order valence-electron chi connectivity index (χ3n) is 4.46. The van der Waals surface area contributed by atoms with Crippen LogP contribution >= 0.6 is 12.4 Å². The molecule has 0 saturated heterocycles. The van der Waals surface area contributed by atoms with Gasteiger partial charge in [-0.3, -0.25) is 4.79 Å². The van der Waals surface area contributed by atoms with Gasteiger partial charge < -0.3 is 5.32 Å². The van der Waals surface area contributed by atoms with Crippen molar-refractivity contribution in [1.82, 2.24) is 5.32 Å². The normalized spacial score (nSPS) is 10.3. The van der Waals surface area contributed by atoms with Gasteiger partial charge in [0.25, 0.3) is 0 Å². The van der Waals surface area contributed by atoms with E-state index in [0.29, 0.717) is 5.56 Å². The molecule has 2 nitrogen and oxygen atoms in total. The third kappa shape index (κ3) is 5.83. The first kappa shape index (κ1) is 22.5. The van der Waals surface area contributed by atoms with Crippen LogP contribution in [0.2, 0.25) is 0 Å². The van der Waals surface area contributed by atoms with Crippen molar-refractivity contribution in [3.8, 4) is 11.1 Å². The number of carbonyl (C=O) groups excluding carboxylic acids is 1. The van der Waals surface area contributed by atoms with Gasteiger partial charge in [0, 0.05) is 18.2 Å². The van der Waals surface area contributed by atoms with Gasteiger partial charge in [0.1, 0.15) is 11.6 Å². The fourth-order valence-corrected chi connectivity index (χ4v) is 2.90. The van der Waals surface area contributed by atoms with Gasteiger partial charge in [0.05, 0.1) is 5.56 Å². The summed E-state index contributed by atoms with van der Waals surface area (Å²) in [6.45, 7) is 5.39. The number of benzene rings is 3. The van der Waals surface area contributed by atoms with Crippen LogP contribution in [0.25, 0.3) is 11.1 Å². The van der Waals surface area contributed by atoms with E-state index in [-0.39, 0.29) is 18.0 Å². The number of nitrogens with one attached hydrogen (secondary N) is 1. The van der Waals surface area contributed by atoms with E-state index in [1.54, 1.807) is 12.1 Å². The SMILES string of the molecule is C=CCCNCc1ccc(-c2ccc(C(=O)c3ccc(F)cc3F)cc2)cc1.Cl. The molecule has 5 heteroatoms. The third-order valence-corrected chi connectivity index (χ3v) is 4.46. The van der Waals surface area contributed by atoms with Crippen LogP contribution in [0.4, 0.5) is 8.78 Å². The lowest BCUT2D eigenvalue weighted by Gasteiger charge is -2.07. The molecule has 0 aliphatic rings. The Morgan fingerprint density at radius 2 is 1.55 bits per heavy atom. The minimum atomic E-state index is -0.855. The molecule has 0 unspecified atom stereocenters. The molecule has 3 aromatic carbocycles. The van der Waals surface area contributed by atoms with Crippen molar-refractivity contribution < 1.29 is 13.6 Å². The van der Waals surface area contributed by atoms with Gasteiger partial charge in [0.2, 0.25) is 0 Å². The maximum atomic E-state index is 13.8. The summed E-state index contributed by atoms with van der Waals surface area (Å²) in [5, 5.41) is 3.34. The van der Waals surface area contributed by atoms with E-state index in [0.717, 1.165) is 42.8 Å². The maximum absolute atomic E-state index is 13.8. The van der Waals surface area contributed by atoms with Gasteiger partial charge in [0.15, 0.2) is 5.78 Å². The van der Waals surface area contributed by atoms with Crippen LogP contribution in [-0.2, 0) is 6.54 Å². The highest BCUT2D eigenvalue weighted by Crippen LogP contribution is 2.22. The molecule has 0 aromatic heterocycles. The van der Waals surface area contributed by atoms with Crippen LogP contribution in [0.1, 0.15) is 27.9 Å². The molecular weight excluding hydrogens is 392 g/mol. The number of rotatable bonds is 8. The summed E-state index contributed by atoms with van der Waals surface area (Å²) in [5.74, 6) is -2.03. The van der Waals surface area contributed by atoms with Crippen LogP contribution in [-0.4, -0.2) is 12.3 Å². The van der Waals surface area contributed by atoms with Crippen molar-refractivity contribution in [3.05, 3.63) is 108 Å². The largest absolute Gasteiger partial charge is 0.312 e. The Morgan fingerprint density at radius 1 is 0.931 bits per heavy atom. The predicted molar refractivity (Wildman–Crippen MR) is 115 cm³/mol. The lowest BCUT2D eigenvalue weighted by molar-refractivity contribution is 0.103. The van der Waals surface area contributed by atoms with E-state index in [1.807, 2.05) is 30.3 Å². The van der Waals surface area contributed by atoms with Crippen LogP contribution < -0.4 is 5.32 Å². The summed E-state index contributed by atoms with van der Waals surface area (Å²) in [4.78, 5) is 12.4. The molecule has 0 aliphatic heterocycles. The lowest BCUT2D eigenvalue weighted by Crippen LogP contribution is -2.13. The van der Waals surface area contributed by atoms with Crippen LogP contribution in [0, 0.1) is 11.6 Å². The molecule has 0 atom stereocenters. The van der Waals surface area contributed by atoms with Crippen molar-refractivity contribution in [2.75, 3.05) is 6.54 Å². The van der Waals surface area contributed by atoms with E-state index in [4.69, 9.17) is 0 Å². The average molecular weight is 414 g/mol. The Morgan fingerprint density at radius 3 is 2.14 bits per heavy atom. The first-order valence-electron chi connectivity index (χ1n) is 9.09. The zero-order valence-corrected chi connectivity index (χ0v) is 16.6. The molecule has 150 valence electrons. The summed E-state index contributed by atoms with van der Waals surface area (Å²) in [5.41, 5.74) is 3.40. The molecule has 0 radical (unpaired) electrons. The van der Waals surface area contributed by atoms with Gasteiger partial charge in [-0.15, -0.1) is 19.0 Å². The Balaban J connectivity index is 0.00000300. The summed E-state index contributed by atoms with van der Waals surface area (Å²) >= 11 is 0. The number of hydrogen-bond acceptors (Lipinski definition) is 2. The molecule has 29 heavy (non-hydrogen) atoms. The zero-order chi connectivity index (χ0) is 19.9. The molecular formula is C24H22ClF2NO. The Bertz CT molecular complexity index is 969. The molecule has 0 spiro atoms. The van der Waals surface area contributed by atoms with Crippen molar-refractivity contribution in [1.29, 1.82) is 0 Å². The monoisotopic (exact) mass is 413 g/mol. The predicted octanol–water partition coefficient (Wildman–Crippen LogP) is 5.95.